The normalized spacial score (nSPS) is 9.40. The molecule has 0 amide bonds. The molecule has 0 heterocycles. The van der Waals surface area contributed by atoms with Crippen LogP contribution in [0.25, 0.3) is 5.73 Å². The van der Waals surface area contributed by atoms with Crippen molar-refractivity contribution in [2.24, 2.45) is 0 Å². The first-order valence-corrected chi connectivity index (χ1v) is 3.44. The van der Waals surface area contributed by atoms with Gasteiger partial charge in [-0.2, -0.15) is 0 Å². The fraction of sp³-hybridized carbons (Fsp3) is 1.00. The van der Waals surface area contributed by atoms with Crippen molar-refractivity contribution >= 4 is 10.4 Å². The van der Waals surface area contributed by atoms with E-state index in [9.17, 15) is 0 Å². The van der Waals surface area contributed by atoms with E-state index in [0.717, 1.165) is 0 Å². The Morgan fingerprint density at radius 3 is 1.30 bits per heavy atom. The second-order valence-corrected chi connectivity index (χ2v) is 2.38. The van der Waals surface area contributed by atoms with Crippen LogP contribution in [0.5, 0.6) is 0 Å². The number of hydrogen-bond acceptors (Lipinski definition) is 4. The minimum absolute atomic E-state index is 0. The maximum absolute atomic E-state index is 8.52. The first-order valence-electron chi connectivity index (χ1n) is 2.11. The Morgan fingerprint density at radius 2 is 1.30 bits per heavy atom. The Hall–Kier alpha value is 0.518. The summed E-state index contributed by atoms with van der Waals surface area (Å²) in [5, 5.41) is 0. The maximum Gasteiger partial charge on any atom is 2.00 e. The van der Waals surface area contributed by atoms with Gasteiger partial charge in [-0.25, -0.2) is 0 Å². The molecule has 0 aliphatic rings. The molecule has 0 fully saturated rings. The van der Waals surface area contributed by atoms with Crippen molar-refractivity contribution in [3.05, 3.63) is 5.73 Å². The second kappa shape index (κ2) is 7.62. The molecule has 7 heteroatoms. The van der Waals surface area contributed by atoms with Crippen molar-refractivity contribution < 1.29 is 38.6 Å². The first kappa shape index (κ1) is 16.9. The smallest absolute Gasteiger partial charge is 0.759 e. The first-order chi connectivity index (χ1) is 3.73. The van der Waals surface area contributed by atoms with Gasteiger partial charge in [-0.15, -0.1) is 6.04 Å². The molecule has 0 atom stereocenters. The van der Waals surface area contributed by atoms with Crippen LogP contribution in [0, 0.1) is 0 Å². The fourth-order valence-corrected chi connectivity index (χ4v) is 0. The molecule has 0 aliphatic heterocycles. The van der Waals surface area contributed by atoms with Crippen molar-refractivity contribution in [2.75, 3.05) is 0 Å². The predicted octanol–water partition coefficient (Wildman–Crippen LogP) is 0.107. The van der Waals surface area contributed by atoms with Gasteiger partial charge in [-0.1, -0.05) is 13.8 Å². The molecule has 0 saturated carbocycles. The molecular formula is C3H8NO4PtS-. The molecule has 0 unspecified atom stereocenters. The van der Waals surface area contributed by atoms with Crippen molar-refractivity contribution in [2.45, 2.75) is 19.9 Å². The summed E-state index contributed by atoms with van der Waals surface area (Å²) in [6, 6.07) is 0.0833. The van der Waals surface area contributed by atoms with E-state index in [-0.39, 0.29) is 27.1 Å². The molecule has 1 N–H and O–H groups in total. The Balaban J connectivity index is -0.0000000910. The summed E-state index contributed by atoms with van der Waals surface area (Å²) >= 11 is 0. The molecule has 66 valence electrons. The Labute approximate surface area is 74.8 Å². The van der Waals surface area contributed by atoms with Crippen LogP contribution in [0.1, 0.15) is 13.8 Å². The van der Waals surface area contributed by atoms with Gasteiger partial charge in [0.25, 0.3) is 0 Å². The van der Waals surface area contributed by atoms with E-state index in [2.05, 4.69) is 0 Å². The van der Waals surface area contributed by atoms with E-state index in [1.807, 2.05) is 13.8 Å². The van der Waals surface area contributed by atoms with Crippen LogP contribution in [0.3, 0.4) is 0 Å². The van der Waals surface area contributed by atoms with Crippen LogP contribution in [0.15, 0.2) is 0 Å². The zero-order valence-corrected chi connectivity index (χ0v) is 8.52. The van der Waals surface area contributed by atoms with E-state index in [4.69, 9.17) is 23.3 Å². The molecule has 0 aromatic rings. The van der Waals surface area contributed by atoms with Crippen molar-refractivity contribution in [1.29, 1.82) is 0 Å². The third-order valence-electron chi connectivity index (χ3n) is 0. The zero-order valence-electron chi connectivity index (χ0n) is 5.43. The molecular weight excluding hydrogens is 341 g/mol. The summed E-state index contributed by atoms with van der Waals surface area (Å²) in [4.78, 5) is 0. The third kappa shape index (κ3) is 1790. The van der Waals surface area contributed by atoms with Crippen LogP contribution >= 0.6 is 0 Å². The van der Waals surface area contributed by atoms with Crippen LogP contribution in [-0.4, -0.2) is 23.6 Å². The molecule has 0 aromatic carbocycles. The van der Waals surface area contributed by atoms with Gasteiger partial charge in [0.2, 0.25) is 0 Å². The third-order valence-corrected chi connectivity index (χ3v) is 0. The second-order valence-electron chi connectivity index (χ2n) is 1.56. The SMILES string of the molecule is CC(C)[NH-].O=S(=O)([O-])[O-].[Pt+2]. The van der Waals surface area contributed by atoms with Gasteiger partial charge in [0, 0.05) is 10.4 Å². The molecule has 0 bridgehead atoms. The van der Waals surface area contributed by atoms with E-state index in [1.54, 1.807) is 0 Å². The largest absolute Gasteiger partial charge is 2.00 e. The van der Waals surface area contributed by atoms with Gasteiger partial charge < -0.3 is 14.8 Å². The number of rotatable bonds is 0. The van der Waals surface area contributed by atoms with E-state index < -0.39 is 10.4 Å². The molecule has 0 saturated heterocycles. The van der Waals surface area contributed by atoms with E-state index in [1.165, 1.54) is 0 Å². The van der Waals surface area contributed by atoms with E-state index in [0.29, 0.717) is 0 Å². The summed E-state index contributed by atoms with van der Waals surface area (Å²) in [5.74, 6) is 0. The molecule has 0 radical (unpaired) electrons. The van der Waals surface area contributed by atoms with Crippen LogP contribution in [0.2, 0.25) is 0 Å². The minimum atomic E-state index is -5.17. The Morgan fingerprint density at radius 1 is 1.30 bits per heavy atom. The summed E-state index contributed by atoms with van der Waals surface area (Å²) in [6.07, 6.45) is 0. The minimum Gasteiger partial charge on any atom is -0.759 e. The molecule has 0 aromatic heterocycles. The van der Waals surface area contributed by atoms with E-state index >= 15 is 0 Å². The van der Waals surface area contributed by atoms with Gasteiger partial charge >= 0.3 is 21.1 Å². The van der Waals surface area contributed by atoms with Gasteiger partial charge in [0.15, 0.2) is 0 Å². The summed E-state index contributed by atoms with van der Waals surface area (Å²) in [6.45, 7) is 3.67. The Bertz CT molecular complexity index is 132. The quantitative estimate of drug-likeness (QED) is 0.457. The van der Waals surface area contributed by atoms with Crippen LogP contribution < -0.4 is 0 Å². The zero-order chi connectivity index (χ0) is 8.08. The number of nitrogens with one attached hydrogen (secondary N) is 1. The van der Waals surface area contributed by atoms with Gasteiger partial charge in [0.1, 0.15) is 0 Å². The maximum atomic E-state index is 8.52. The molecule has 0 spiro atoms. The monoisotopic (exact) mass is 349 g/mol. The van der Waals surface area contributed by atoms with Crippen LogP contribution in [-0.2, 0) is 31.5 Å². The average molecular weight is 349 g/mol. The van der Waals surface area contributed by atoms with Crippen molar-refractivity contribution in [3.63, 3.8) is 0 Å². The van der Waals surface area contributed by atoms with Gasteiger partial charge in [-0.05, 0) is 0 Å². The topological polar surface area (TPSA) is 104 Å². The average Bonchev–Trinajstić information content (AvgIpc) is 1.19. The summed E-state index contributed by atoms with van der Waals surface area (Å²) in [5.41, 5.74) is 6.58. The Kier molecular flexibility index (Phi) is 12.9. The van der Waals surface area contributed by atoms with Gasteiger partial charge in [-0.3, -0.25) is 8.42 Å². The van der Waals surface area contributed by atoms with Crippen molar-refractivity contribution in [1.82, 2.24) is 0 Å². The van der Waals surface area contributed by atoms with Crippen molar-refractivity contribution in [3.8, 4) is 0 Å². The summed E-state index contributed by atoms with van der Waals surface area (Å²) < 4.78 is 34.1. The molecule has 0 rings (SSSR count). The summed E-state index contributed by atoms with van der Waals surface area (Å²) in [7, 11) is -5.17. The molecule has 5 nitrogen and oxygen atoms in total. The predicted molar refractivity (Wildman–Crippen MR) is 29.9 cm³/mol. The molecule has 10 heavy (non-hydrogen) atoms. The number of hydrogen-bond donors (Lipinski definition) is 0. The standard InChI is InChI=1S/C3H8N.H2O4S.Pt/c1-3(2)4;1-5(2,3)4;/h3-4H,1-2H3;(H2,1,2,3,4);/q-1;;+2/p-2. The fourth-order valence-electron chi connectivity index (χ4n) is 0. The van der Waals surface area contributed by atoms with Gasteiger partial charge in [0.05, 0.1) is 0 Å². The molecule has 0 aliphatic carbocycles. The van der Waals surface area contributed by atoms with Crippen LogP contribution in [0.4, 0.5) is 0 Å².